The van der Waals surface area contributed by atoms with E-state index < -0.39 is 0 Å². The number of hydrogen-bond acceptors (Lipinski definition) is 5. The quantitative estimate of drug-likeness (QED) is 0.870. The van der Waals surface area contributed by atoms with E-state index in [1.165, 1.54) is 6.42 Å². The van der Waals surface area contributed by atoms with Gasteiger partial charge in [-0.15, -0.1) is 0 Å². The normalized spacial score (nSPS) is 20.2. The van der Waals surface area contributed by atoms with Gasteiger partial charge in [0.1, 0.15) is 0 Å². The minimum atomic E-state index is -0.227. The van der Waals surface area contributed by atoms with Gasteiger partial charge in [-0.3, -0.25) is 0 Å². The van der Waals surface area contributed by atoms with Crippen molar-refractivity contribution in [1.82, 2.24) is 15.5 Å². The SMILES string of the molecule is O=C(NCC1CCCO1)Nc1ccc(-c2noc(C3CCC3)n2)cc1. The van der Waals surface area contributed by atoms with E-state index in [0.29, 0.717) is 18.3 Å². The summed E-state index contributed by atoms with van der Waals surface area (Å²) in [5.74, 6) is 1.75. The van der Waals surface area contributed by atoms with Crippen LogP contribution in [0.3, 0.4) is 0 Å². The summed E-state index contributed by atoms with van der Waals surface area (Å²) in [6.45, 7) is 1.32. The second kappa shape index (κ2) is 7.23. The Morgan fingerprint density at radius 3 is 2.68 bits per heavy atom. The zero-order valence-corrected chi connectivity index (χ0v) is 14.0. The molecule has 0 spiro atoms. The maximum Gasteiger partial charge on any atom is 0.319 e. The molecule has 2 amide bonds. The number of anilines is 1. The number of aromatic nitrogens is 2. The average molecular weight is 342 g/mol. The topological polar surface area (TPSA) is 89.3 Å². The highest BCUT2D eigenvalue weighted by molar-refractivity contribution is 5.89. The lowest BCUT2D eigenvalue weighted by Crippen LogP contribution is -2.34. The number of nitrogens with one attached hydrogen (secondary N) is 2. The average Bonchev–Trinajstić information content (AvgIpc) is 3.24. The van der Waals surface area contributed by atoms with Crippen molar-refractivity contribution >= 4 is 11.7 Å². The summed E-state index contributed by atoms with van der Waals surface area (Å²) in [7, 11) is 0. The van der Waals surface area contributed by atoms with Crippen molar-refractivity contribution in [2.75, 3.05) is 18.5 Å². The number of nitrogens with zero attached hydrogens (tertiary/aromatic N) is 2. The molecule has 1 aliphatic heterocycles. The Kier molecular flexibility index (Phi) is 4.65. The first kappa shape index (κ1) is 16.1. The Morgan fingerprint density at radius 1 is 1.16 bits per heavy atom. The van der Waals surface area contributed by atoms with Gasteiger partial charge in [-0.25, -0.2) is 4.79 Å². The van der Waals surface area contributed by atoms with Gasteiger partial charge >= 0.3 is 6.03 Å². The van der Waals surface area contributed by atoms with Crippen molar-refractivity contribution in [3.8, 4) is 11.4 Å². The van der Waals surface area contributed by atoms with Crippen molar-refractivity contribution in [2.45, 2.75) is 44.1 Å². The summed E-state index contributed by atoms with van der Waals surface area (Å²) in [5.41, 5.74) is 1.59. The monoisotopic (exact) mass is 342 g/mol. The van der Waals surface area contributed by atoms with Crippen LogP contribution in [-0.4, -0.2) is 35.4 Å². The molecule has 1 aromatic carbocycles. The number of carbonyl (C=O) groups excluding carboxylic acids is 1. The minimum absolute atomic E-state index is 0.135. The van der Waals surface area contributed by atoms with Crippen molar-refractivity contribution in [3.63, 3.8) is 0 Å². The summed E-state index contributed by atoms with van der Waals surface area (Å²) in [4.78, 5) is 16.4. The van der Waals surface area contributed by atoms with Crippen LogP contribution < -0.4 is 10.6 Å². The van der Waals surface area contributed by atoms with Gasteiger partial charge in [-0.2, -0.15) is 4.98 Å². The first-order chi connectivity index (χ1) is 12.3. The van der Waals surface area contributed by atoms with E-state index in [-0.39, 0.29) is 12.1 Å². The Balaban J connectivity index is 1.31. The lowest BCUT2D eigenvalue weighted by molar-refractivity contribution is 0.112. The highest BCUT2D eigenvalue weighted by Crippen LogP contribution is 2.36. The van der Waals surface area contributed by atoms with Gasteiger partial charge in [0.05, 0.1) is 6.10 Å². The molecule has 0 bridgehead atoms. The number of ether oxygens (including phenoxy) is 1. The third kappa shape index (κ3) is 3.82. The minimum Gasteiger partial charge on any atom is -0.376 e. The fourth-order valence-electron chi connectivity index (χ4n) is 3.06. The highest BCUT2D eigenvalue weighted by atomic mass is 16.5. The molecule has 2 fully saturated rings. The second-order valence-electron chi connectivity index (χ2n) is 6.63. The molecule has 1 atom stereocenters. The number of rotatable bonds is 5. The van der Waals surface area contributed by atoms with Gasteiger partial charge in [-0.05, 0) is 49.9 Å². The summed E-state index contributed by atoms with van der Waals surface area (Å²) < 4.78 is 10.8. The number of amides is 2. The molecule has 2 aliphatic rings. The zero-order valence-electron chi connectivity index (χ0n) is 14.0. The van der Waals surface area contributed by atoms with Crippen LogP contribution in [0.1, 0.15) is 43.9 Å². The molecule has 1 aliphatic carbocycles. The number of urea groups is 1. The van der Waals surface area contributed by atoms with Crippen LogP contribution >= 0.6 is 0 Å². The standard InChI is InChI=1S/C18H22N4O3/c23-18(19-11-15-5-2-10-24-15)20-14-8-6-12(7-9-14)16-21-17(25-22-16)13-3-1-4-13/h6-9,13,15H,1-5,10-11H2,(H2,19,20,23). The van der Waals surface area contributed by atoms with Gasteiger partial charge < -0.3 is 19.9 Å². The molecule has 132 valence electrons. The van der Waals surface area contributed by atoms with Crippen molar-refractivity contribution in [3.05, 3.63) is 30.2 Å². The maximum absolute atomic E-state index is 11.9. The fraction of sp³-hybridized carbons (Fsp3) is 0.500. The number of hydrogen-bond donors (Lipinski definition) is 2. The molecular formula is C18H22N4O3. The molecule has 7 heteroatoms. The summed E-state index contributed by atoms with van der Waals surface area (Å²) in [5, 5.41) is 9.70. The largest absolute Gasteiger partial charge is 0.376 e. The van der Waals surface area contributed by atoms with Crippen molar-refractivity contribution in [1.29, 1.82) is 0 Å². The second-order valence-corrected chi connectivity index (χ2v) is 6.63. The maximum atomic E-state index is 11.9. The van der Waals surface area contributed by atoms with Crippen LogP contribution in [0, 0.1) is 0 Å². The molecule has 1 aromatic heterocycles. The van der Waals surface area contributed by atoms with Crippen LogP contribution in [0.15, 0.2) is 28.8 Å². The van der Waals surface area contributed by atoms with Gasteiger partial charge in [-0.1, -0.05) is 11.6 Å². The molecular weight excluding hydrogens is 320 g/mol. The number of benzene rings is 1. The Bertz CT molecular complexity index is 718. The predicted octanol–water partition coefficient (Wildman–Crippen LogP) is 3.30. The molecule has 2 aromatic rings. The Labute approximate surface area is 146 Å². The van der Waals surface area contributed by atoms with E-state index >= 15 is 0 Å². The van der Waals surface area contributed by atoms with E-state index in [1.54, 1.807) is 0 Å². The molecule has 2 N–H and O–H groups in total. The zero-order chi connectivity index (χ0) is 17.1. The first-order valence-corrected chi connectivity index (χ1v) is 8.88. The summed E-state index contributed by atoms with van der Waals surface area (Å²) in [6.07, 6.45) is 5.70. The molecule has 7 nitrogen and oxygen atoms in total. The Hall–Kier alpha value is -2.41. The van der Waals surface area contributed by atoms with Crippen LogP contribution in [0.4, 0.5) is 10.5 Å². The smallest absolute Gasteiger partial charge is 0.319 e. The van der Waals surface area contributed by atoms with Crippen molar-refractivity contribution < 1.29 is 14.1 Å². The van der Waals surface area contributed by atoms with Crippen LogP contribution in [0.25, 0.3) is 11.4 Å². The summed E-state index contributed by atoms with van der Waals surface area (Å²) >= 11 is 0. The summed E-state index contributed by atoms with van der Waals surface area (Å²) in [6, 6.07) is 7.20. The van der Waals surface area contributed by atoms with Gasteiger partial charge in [0.2, 0.25) is 11.7 Å². The fourth-order valence-corrected chi connectivity index (χ4v) is 3.06. The molecule has 25 heavy (non-hydrogen) atoms. The Morgan fingerprint density at radius 2 is 2.00 bits per heavy atom. The molecule has 1 saturated heterocycles. The van der Waals surface area contributed by atoms with Crippen LogP contribution in [0.5, 0.6) is 0 Å². The molecule has 4 rings (SSSR count). The molecule has 2 heterocycles. The number of carbonyl (C=O) groups is 1. The van der Waals surface area contributed by atoms with Crippen molar-refractivity contribution in [2.24, 2.45) is 0 Å². The van der Waals surface area contributed by atoms with Gasteiger partial charge in [0.25, 0.3) is 0 Å². The van der Waals surface area contributed by atoms with Crippen LogP contribution in [-0.2, 0) is 4.74 Å². The predicted molar refractivity (Wildman–Crippen MR) is 92.3 cm³/mol. The first-order valence-electron chi connectivity index (χ1n) is 8.88. The third-order valence-electron chi connectivity index (χ3n) is 4.81. The van der Waals surface area contributed by atoms with E-state index in [2.05, 4.69) is 20.8 Å². The van der Waals surface area contributed by atoms with E-state index in [4.69, 9.17) is 9.26 Å². The van der Waals surface area contributed by atoms with Crippen LogP contribution in [0.2, 0.25) is 0 Å². The molecule has 1 unspecified atom stereocenters. The third-order valence-corrected chi connectivity index (χ3v) is 4.81. The lowest BCUT2D eigenvalue weighted by atomic mass is 9.85. The van der Waals surface area contributed by atoms with Gasteiger partial charge in [0.15, 0.2) is 0 Å². The lowest BCUT2D eigenvalue weighted by Gasteiger charge is -2.20. The van der Waals surface area contributed by atoms with E-state index in [9.17, 15) is 4.79 Å². The molecule has 0 radical (unpaired) electrons. The van der Waals surface area contributed by atoms with Gasteiger partial charge in [0, 0.05) is 30.3 Å². The highest BCUT2D eigenvalue weighted by Gasteiger charge is 2.25. The van der Waals surface area contributed by atoms with E-state index in [1.807, 2.05) is 24.3 Å². The molecule has 1 saturated carbocycles. The van der Waals surface area contributed by atoms with E-state index in [0.717, 1.165) is 49.4 Å².